The Morgan fingerprint density at radius 2 is 1.85 bits per heavy atom. The van der Waals surface area contributed by atoms with Crippen LogP contribution in [-0.2, 0) is 9.53 Å². The fourth-order valence-corrected chi connectivity index (χ4v) is 2.61. The van der Waals surface area contributed by atoms with Crippen molar-refractivity contribution >= 4 is 16.7 Å². The van der Waals surface area contributed by atoms with Gasteiger partial charge in [0.2, 0.25) is 0 Å². The van der Waals surface area contributed by atoms with Gasteiger partial charge in [0, 0.05) is 0 Å². The summed E-state index contributed by atoms with van der Waals surface area (Å²) in [7, 11) is 0. The number of hydrogen-bond donors (Lipinski definition) is 0. The molecule has 2 nitrogen and oxygen atoms in total. The van der Waals surface area contributed by atoms with E-state index < -0.39 is 0 Å². The van der Waals surface area contributed by atoms with E-state index >= 15 is 0 Å². The van der Waals surface area contributed by atoms with Crippen LogP contribution in [-0.4, -0.2) is 12.6 Å². The number of carbonyl (C=O) groups is 1. The molecule has 0 fully saturated rings. The number of esters is 1. The monoisotopic (exact) mass is 270 g/mol. The van der Waals surface area contributed by atoms with E-state index in [0.29, 0.717) is 6.61 Å². The molecule has 0 aliphatic heterocycles. The van der Waals surface area contributed by atoms with Crippen molar-refractivity contribution in [1.29, 1.82) is 0 Å². The number of rotatable bonds is 6. The summed E-state index contributed by atoms with van der Waals surface area (Å²) in [5.74, 6) is -0.252. The third kappa shape index (κ3) is 3.19. The standard InChI is InChI=1S/C18H22O2/c1-3-5-11-17(18(19)20-4-2)16-13-8-10-14-9-6-7-12-15(14)16/h6-10,12-13,17H,3-5,11H2,1-2H3. The lowest BCUT2D eigenvalue weighted by molar-refractivity contribution is -0.145. The van der Waals surface area contributed by atoms with Gasteiger partial charge >= 0.3 is 5.97 Å². The Balaban J connectivity index is 2.42. The van der Waals surface area contributed by atoms with Crippen LogP contribution >= 0.6 is 0 Å². The fraction of sp³-hybridized carbons (Fsp3) is 0.389. The van der Waals surface area contributed by atoms with E-state index in [0.717, 1.165) is 30.2 Å². The lowest BCUT2D eigenvalue weighted by Crippen LogP contribution is -2.16. The Kier molecular flexibility index (Phi) is 5.16. The molecule has 2 heteroatoms. The normalized spacial score (nSPS) is 12.3. The lowest BCUT2D eigenvalue weighted by Gasteiger charge is -2.17. The predicted molar refractivity (Wildman–Crippen MR) is 82.8 cm³/mol. The van der Waals surface area contributed by atoms with E-state index in [1.54, 1.807) is 0 Å². The summed E-state index contributed by atoms with van der Waals surface area (Å²) < 4.78 is 5.27. The Morgan fingerprint density at radius 3 is 2.60 bits per heavy atom. The molecule has 0 spiro atoms. The van der Waals surface area contributed by atoms with Gasteiger partial charge in [-0.1, -0.05) is 62.2 Å². The average molecular weight is 270 g/mol. The summed E-state index contributed by atoms with van der Waals surface area (Å²) in [6.07, 6.45) is 2.97. The highest BCUT2D eigenvalue weighted by molar-refractivity contribution is 5.91. The number of fused-ring (bicyclic) bond motifs is 1. The highest BCUT2D eigenvalue weighted by atomic mass is 16.5. The average Bonchev–Trinajstić information content (AvgIpc) is 2.48. The molecule has 0 aliphatic carbocycles. The van der Waals surface area contributed by atoms with E-state index in [9.17, 15) is 4.79 Å². The highest BCUT2D eigenvalue weighted by Gasteiger charge is 2.22. The van der Waals surface area contributed by atoms with Crippen LogP contribution in [0.5, 0.6) is 0 Å². The third-order valence-electron chi connectivity index (χ3n) is 3.62. The molecule has 0 amide bonds. The molecule has 0 saturated carbocycles. The Bertz CT molecular complexity index is 569. The fourth-order valence-electron chi connectivity index (χ4n) is 2.61. The first-order valence-corrected chi connectivity index (χ1v) is 7.42. The van der Waals surface area contributed by atoms with Crippen LogP contribution in [0.1, 0.15) is 44.6 Å². The minimum atomic E-state index is -0.152. The minimum absolute atomic E-state index is 0.0997. The molecule has 106 valence electrons. The molecule has 1 atom stereocenters. The second-order valence-corrected chi connectivity index (χ2v) is 5.02. The maximum Gasteiger partial charge on any atom is 0.313 e. The molecule has 2 rings (SSSR count). The predicted octanol–water partition coefficient (Wildman–Crippen LogP) is 4.68. The molecule has 0 radical (unpaired) electrons. The van der Waals surface area contributed by atoms with E-state index in [1.165, 1.54) is 5.39 Å². The van der Waals surface area contributed by atoms with E-state index in [4.69, 9.17) is 4.74 Å². The van der Waals surface area contributed by atoms with Gasteiger partial charge in [-0.05, 0) is 29.7 Å². The van der Waals surface area contributed by atoms with Gasteiger partial charge in [0.05, 0.1) is 12.5 Å². The molecule has 0 aliphatic rings. The molecule has 0 bridgehead atoms. The number of carbonyl (C=O) groups excluding carboxylic acids is 1. The van der Waals surface area contributed by atoms with Crippen molar-refractivity contribution in [2.24, 2.45) is 0 Å². The quantitative estimate of drug-likeness (QED) is 0.713. The minimum Gasteiger partial charge on any atom is -0.466 e. The van der Waals surface area contributed by atoms with Crippen LogP contribution in [0.2, 0.25) is 0 Å². The van der Waals surface area contributed by atoms with Crippen LogP contribution in [0.25, 0.3) is 10.8 Å². The molecule has 20 heavy (non-hydrogen) atoms. The van der Waals surface area contributed by atoms with Crippen LogP contribution < -0.4 is 0 Å². The van der Waals surface area contributed by atoms with Gasteiger partial charge in [-0.2, -0.15) is 0 Å². The Labute approximate surface area is 120 Å². The van der Waals surface area contributed by atoms with Crippen molar-refractivity contribution in [3.63, 3.8) is 0 Å². The van der Waals surface area contributed by atoms with Crippen LogP contribution in [0, 0.1) is 0 Å². The van der Waals surface area contributed by atoms with E-state index in [-0.39, 0.29) is 11.9 Å². The van der Waals surface area contributed by atoms with Crippen LogP contribution in [0.15, 0.2) is 42.5 Å². The summed E-state index contributed by atoms with van der Waals surface area (Å²) in [6.45, 7) is 4.44. The van der Waals surface area contributed by atoms with Crippen molar-refractivity contribution in [3.8, 4) is 0 Å². The SMILES string of the molecule is CCCCC(C(=O)OCC)c1cccc2ccccc12. The smallest absolute Gasteiger partial charge is 0.313 e. The maximum atomic E-state index is 12.3. The van der Waals surface area contributed by atoms with Gasteiger partial charge in [-0.25, -0.2) is 0 Å². The third-order valence-corrected chi connectivity index (χ3v) is 3.62. The molecule has 2 aromatic carbocycles. The molecule has 0 aromatic heterocycles. The summed E-state index contributed by atoms with van der Waals surface area (Å²) in [5.41, 5.74) is 1.09. The van der Waals surface area contributed by atoms with Gasteiger partial charge in [0.1, 0.15) is 0 Å². The maximum absolute atomic E-state index is 12.3. The van der Waals surface area contributed by atoms with Gasteiger partial charge in [0.15, 0.2) is 0 Å². The van der Waals surface area contributed by atoms with E-state index in [2.05, 4.69) is 31.2 Å². The molecular weight excluding hydrogens is 248 g/mol. The number of hydrogen-bond acceptors (Lipinski definition) is 2. The van der Waals surface area contributed by atoms with Crippen molar-refractivity contribution in [3.05, 3.63) is 48.0 Å². The zero-order valence-corrected chi connectivity index (χ0v) is 12.3. The molecule has 2 aromatic rings. The summed E-state index contributed by atoms with van der Waals surface area (Å²) >= 11 is 0. The van der Waals surface area contributed by atoms with Crippen LogP contribution in [0.3, 0.4) is 0 Å². The van der Waals surface area contributed by atoms with Crippen molar-refractivity contribution < 1.29 is 9.53 Å². The van der Waals surface area contributed by atoms with Crippen LogP contribution in [0.4, 0.5) is 0 Å². The zero-order valence-electron chi connectivity index (χ0n) is 12.3. The zero-order chi connectivity index (χ0) is 14.4. The first-order valence-electron chi connectivity index (χ1n) is 7.42. The Hall–Kier alpha value is -1.83. The number of unbranched alkanes of at least 4 members (excludes halogenated alkanes) is 1. The first kappa shape index (κ1) is 14.6. The highest BCUT2D eigenvalue weighted by Crippen LogP contribution is 2.30. The van der Waals surface area contributed by atoms with Crippen molar-refractivity contribution in [1.82, 2.24) is 0 Å². The Morgan fingerprint density at radius 1 is 1.10 bits per heavy atom. The van der Waals surface area contributed by atoms with Crippen molar-refractivity contribution in [2.75, 3.05) is 6.61 Å². The molecule has 0 heterocycles. The largest absolute Gasteiger partial charge is 0.466 e. The van der Waals surface area contributed by atoms with Gasteiger partial charge in [-0.3, -0.25) is 4.79 Å². The van der Waals surface area contributed by atoms with Crippen molar-refractivity contribution in [2.45, 2.75) is 39.0 Å². The van der Waals surface area contributed by atoms with E-state index in [1.807, 2.05) is 25.1 Å². The first-order chi connectivity index (χ1) is 9.77. The topological polar surface area (TPSA) is 26.3 Å². The second kappa shape index (κ2) is 7.09. The van der Waals surface area contributed by atoms with Gasteiger partial charge in [-0.15, -0.1) is 0 Å². The lowest BCUT2D eigenvalue weighted by atomic mass is 9.89. The molecule has 0 N–H and O–H groups in total. The second-order valence-electron chi connectivity index (χ2n) is 5.02. The van der Waals surface area contributed by atoms with Gasteiger partial charge in [0.25, 0.3) is 0 Å². The number of benzene rings is 2. The summed E-state index contributed by atoms with van der Waals surface area (Å²) in [4.78, 5) is 12.3. The summed E-state index contributed by atoms with van der Waals surface area (Å²) in [6, 6.07) is 14.4. The number of ether oxygens (including phenoxy) is 1. The molecular formula is C18H22O2. The van der Waals surface area contributed by atoms with Gasteiger partial charge < -0.3 is 4.74 Å². The molecule has 1 unspecified atom stereocenters. The molecule has 0 saturated heterocycles. The summed E-state index contributed by atoms with van der Waals surface area (Å²) in [5, 5.41) is 2.33.